The van der Waals surface area contributed by atoms with E-state index in [2.05, 4.69) is 10.1 Å². The molecule has 152 valence electrons. The molecule has 2 aromatic carbocycles. The SMILES string of the molecule is COC(=O)C(N)Cc1ccc(Oc2ccc(CC3SC(=O)NC3=O)c(F)c2)cc1. The van der Waals surface area contributed by atoms with Crippen LogP contribution in [0, 0.1) is 5.82 Å². The van der Waals surface area contributed by atoms with Crippen molar-refractivity contribution in [2.75, 3.05) is 7.11 Å². The number of carbonyl (C=O) groups excluding carboxylic acids is 3. The first-order valence-electron chi connectivity index (χ1n) is 8.76. The summed E-state index contributed by atoms with van der Waals surface area (Å²) in [6, 6.07) is 10.5. The summed E-state index contributed by atoms with van der Waals surface area (Å²) in [5.41, 5.74) is 6.89. The highest BCUT2D eigenvalue weighted by Gasteiger charge is 2.32. The number of nitrogens with one attached hydrogen (secondary N) is 1. The molecule has 2 aromatic rings. The number of methoxy groups -OCH3 is 1. The molecule has 1 fully saturated rings. The van der Waals surface area contributed by atoms with Crippen LogP contribution < -0.4 is 15.8 Å². The number of halogens is 1. The molecular formula is C20H19FN2O5S. The Hall–Kier alpha value is -2.91. The van der Waals surface area contributed by atoms with Crippen molar-refractivity contribution in [3.05, 3.63) is 59.4 Å². The summed E-state index contributed by atoms with van der Waals surface area (Å²) in [6.07, 6.45) is 0.440. The average Bonchev–Trinajstić information content (AvgIpc) is 3.01. The smallest absolute Gasteiger partial charge is 0.322 e. The first-order chi connectivity index (χ1) is 13.9. The summed E-state index contributed by atoms with van der Waals surface area (Å²) in [5.74, 6) is -0.630. The molecule has 0 saturated carbocycles. The lowest BCUT2D eigenvalue weighted by Crippen LogP contribution is -2.33. The molecule has 0 aliphatic carbocycles. The van der Waals surface area contributed by atoms with E-state index in [1.54, 1.807) is 30.3 Å². The van der Waals surface area contributed by atoms with E-state index in [9.17, 15) is 18.8 Å². The summed E-state index contributed by atoms with van der Waals surface area (Å²) in [4.78, 5) is 34.2. The highest BCUT2D eigenvalue weighted by Crippen LogP contribution is 2.28. The molecule has 9 heteroatoms. The predicted molar refractivity (Wildman–Crippen MR) is 105 cm³/mol. The van der Waals surface area contributed by atoms with Crippen molar-refractivity contribution >= 4 is 28.9 Å². The topological polar surface area (TPSA) is 108 Å². The second kappa shape index (κ2) is 9.06. The lowest BCUT2D eigenvalue weighted by molar-refractivity contribution is -0.142. The van der Waals surface area contributed by atoms with Crippen LogP contribution in [-0.2, 0) is 27.2 Å². The average molecular weight is 418 g/mol. The third-order valence-corrected chi connectivity index (χ3v) is 5.30. The minimum atomic E-state index is -0.746. The molecule has 2 unspecified atom stereocenters. The van der Waals surface area contributed by atoms with E-state index in [0.717, 1.165) is 17.3 Å². The standard InChI is InChI=1S/C20H19FN2O5S/c1-27-19(25)16(22)8-11-2-5-13(6-3-11)28-14-7-4-12(15(21)10-14)9-17-18(24)23-20(26)29-17/h2-7,10,16-17H,8-9,22H2,1H3,(H,23,24,26). The molecule has 2 amide bonds. The van der Waals surface area contributed by atoms with Crippen molar-refractivity contribution in [2.24, 2.45) is 5.73 Å². The van der Waals surface area contributed by atoms with Crippen LogP contribution in [0.5, 0.6) is 11.5 Å². The van der Waals surface area contributed by atoms with Gasteiger partial charge in [0, 0.05) is 6.07 Å². The fourth-order valence-corrected chi connectivity index (χ4v) is 3.65. The van der Waals surface area contributed by atoms with Gasteiger partial charge in [0.1, 0.15) is 23.4 Å². The summed E-state index contributed by atoms with van der Waals surface area (Å²) in [5, 5.41) is 1.13. The van der Waals surface area contributed by atoms with Crippen molar-refractivity contribution in [3.63, 3.8) is 0 Å². The Morgan fingerprint density at radius 3 is 2.48 bits per heavy atom. The maximum Gasteiger partial charge on any atom is 0.322 e. The second-order valence-corrected chi connectivity index (χ2v) is 7.60. The van der Waals surface area contributed by atoms with Crippen LogP contribution in [0.4, 0.5) is 9.18 Å². The predicted octanol–water partition coefficient (Wildman–Crippen LogP) is 2.55. The Balaban J connectivity index is 1.62. The third kappa shape index (κ3) is 5.33. The van der Waals surface area contributed by atoms with Gasteiger partial charge in [-0.1, -0.05) is 30.0 Å². The molecule has 1 aliphatic rings. The molecule has 0 bridgehead atoms. The van der Waals surface area contributed by atoms with Gasteiger partial charge in [-0.15, -0.1) is 0 Å². The fraction of sp³-hybridized carbons (Fsp3) is 0.250. The van der Waals surface area contributed by atoms with Gasteiger partial charge in [0.2, 0.25) is 5.91 Å². The van der Waals surface area contributed by atoms with Gasteiger partial charge in [0.25, 0.3) is 5.24 Å². The maximum absolute atomic E-state index is 14.4. The van der Waals surface area contributed by atoms with Gasteiger partial charge in [-0.05, 0) is 42.2 Å². The van der Waals surface area contributed by atoms with Crippen molar-refractivity contribution in [1.29, 1.82) is 0 Å². The number of thioether (sulfide) groups is 1. The Labute approximate surface area is 170 Å². The lowest BCUT2D eigenvalue weighted by Gasteiger charge is -2.11. The molecule has 0 radical (unpaired) electrons. The number of hydrogen-bond acceptors (Lipinski definition) is 7. The van der Waals surface area contributed by atoms with Gasteiger partial charge in [-0.25, -0.2) is 4.39 Å². The molecule has 2 atom stereocenters. The Morgan fingerprint density at radius 2 is 1.90 bits per heavy atom. The summed E-state index contributed by atoms with van der Waals surface area (Å²) in [6.45, 7) is 0. The maximum atomic E-state index is 14.4. The van der Waals surface area contributed by atoms with Crippen LogP contribution in [0.1, 0.15) is 11.1 Å². The molecule has 1 saturated heterocycles. The molecule has 29 heavy (non-hydrogen) atoms. The molecule has 7 nitrogen and oxygen atoms in total. The molecule has 3 rings (SSSR count). The summed E-state index contributed by atoms with van der Waals surface area (Å²) in [7, 11) is 1.28. The largest absolute Gasteiger partial charge is 0.468 e. The Morgan fingerprint density at radius 1 is 1.21 bits per heavy atom. The third-order valence-electron chi connectivity index (χ3n) is 4.32. The van der Waals surface area contributed by atoms with Gasteiger partial charge < -0.3 is 15.2 Å². The van der Waals surface area contributed by atoms with E-state index in [0.29, 0.717) is 23.5 Å². The first kappa shape index (κ1) is 20.8. The van der Waals surface area contributed by atoms with Crippen LogP contribution in [0.25, 0.3) is 0 Å². The minimum Gasteiger partial charge on any atom is -0.468 e. The van der Waals surface area contributed by atoms with Crippen LogP contribution >= 0.6 is 11.8 Å². The van der Waals surface area contributed by atoms with E-state index in [1.165, 1.54) is 19.2 Å². The number of benzene rings is 2. The van der Waals surface area contributed by atoms with Crippen LogP contribution in [0.2, 0.25) is 0 Å². The van der Waals surface area contributed by atoms with E-state index >= 15 is 0 Å². The van der Waals surface area contributed by atoms with Gasteiger partial charge in [0.05, 0.1) is 12.4 Å². The van der Waals surface area contributed by atoms with Gasteiger partial charge in [-0.2, -0.15) is 0 Å². The van der Waals surface area contributed by atoms with Gasteiger partial charge >= 0.3 is 5.97 Å². The highest BCUT2D eigenvalue weighted by molar-refractivity contribution is 8.15. The molecule has 3 N–H and O–H groups in total. The fourth-order valence-electron chi connectivity index (χ4n) is 2.80. The lowest BCUT2D eigenvalue weighted by atomic mass is 10.1. The summed E-state index contributed by atoms with van der Waals surface area (Å²) < 4.78 is 24.6. The van der Waals surface area contributed by atoms with Gasteiger partial charge in [0.15, 0.2) is 0 Å². The van der Waals surface area contributed by atoms with E-state index in [-0.39, 0.29) is 6.42 Å². The molecule has 1 aliphatic heterocycles. The number of amides is 2. The van der Waals surface area contributed by atoms with Crippen LogP contribution in [0.15, 0.2) is 42.5 Å². The van der Waals surface area contributed by atoms with Gasteiger partial charge in [-0.3, -0.25) is 19.7 Å². The van der Waals surface area contributed by atoms with E-state index in [4.69, 9.17) is 10.5 Å². The quantitative estimate of drug-likeness (QED) is 0.666. The number of esters is 1. The molecule has 1 heterocycles. The van der Waals surface area contributed by atoms with Crippen molar-refractivity contribution in [1.82, 2.24) is 5.32 Å². The van der Waals surface area contributed by atoms with Crippen molar-refractivity contribution in [2.45, 2.75) is 24.1 Å². The second-order valence-electron chi connectivity index (χ2n) is 6.42. The molecule has 0 spiro atoms. The monoisotopic (exact) mass is 418 g/mol. The number of nitrogens with two attached hydrogens (primary N) is 1. The number of carbonyl (C=O) groups is 3. The summed E-state index contributed by atoms with van der Waals surface area (Å²) >= 11 is 0.857. The number of hydrogen-bond donors (Lipinski definition) is 2. The number of rotatable bonds is 7. The van der Waals surface area contributed by atoms with E-state index in [1.807, 2.05) is 0 Å². The van der Waals surface area contributed by atoms with Crippen molar-refractivity contribution in [3.8, 4) is 11.5 Å². The highest BCUT2D eigenvalue weighted by atomic mass is 32.2. The number of imide groups is 1. The normalized spacial score (nSPS) is 17.0. The zero-order valence-electron chi connectivity index (χ0n) is 15.5. The molecular weight excluding hydrogens is 399 g/mol. The van der Waals surface area contributed by atoms with Crippen LogP contribution in [-0.4, -0.2) is 35.5 Å². The van der Waals surface area contributed by atoms with Crippen molar-refractivity contribution < 1.29 is 28.2 Å². The Bertz CT molecular complexity index is 935. The Kier molecular flexibility index (Phi) is 6.50. The van der Waals surface area contributed by atoms with E-state index < -0.39 is 34.2 Å². The van der Waals surface area contributed by atoms with Crippen LogP contribution in [0.3, 0.4) is 0 Å². The zero-order chi connectivity index (χ0) is 21.0. The first-order valence-corrected chi connectivity index (χ1v) is 9.64. The molecule has 0 aromatic heterocycles. The zero-order valence-corrected chi connectivity index (χ0v) is 16.3. The minimum absolute atomic E-state index is 0.115. The number of ether oxygens (including phenoxy) is 2.